The zero-order chi connectivity index (χ0) is 12.3. The van der Waals surface area contributed by atoms with Crippen molar-refractivity contribution in [2.24, 2.45) is 5.92 Å². The van der Waals surface area contributed by atoms with Crippen LogP contribution in [0.2, 0.25) is 0 Å². The van der Waals surface area contributed by atoms with Crippen molar-refractivity contribution in [1.29, 1.82) is 0 Å². The summed E-state index contributed by atoms with van der Waals surface area (Å²) in [6.45, 7) is 4.84. The molecule has 0 saturated carbocycles. The molecular formula is C13H23NO3. The maximum Gasteiger partial charge on any atom is 0.306 e. The summed E-state index contributed by atoms with van der Waals surface area (Å²) in [4.78, 5) is 13.5. The third-order valence-electron chi connectivity index (χ3n) is 4.17. The van der Waals surface area contributed by atoms with Crippen molar-refractivity contribution in [3.05, 3.63) is 0 Å². The molecule has 17 heavy (non-hydrogen) atoms. The SMILES string of the molecule is CC1CC(C(=O)O)CCN1C1CCCOCC1. The van der Waals surface area contributed by atoms with E-state index >= 15 is 0 Å². The van der Waals surface area contributed by atoms with Crippen molar-refractivity contribution in [3.63, 3.8) is 0 Å². The fourth-order valence-corrected chi connectivity index (χ4v) is 3.18. The predicted octanol–water partition coefficient (Wildman–Crippen LogP) is 1.74. The summed E-state index contributed by atoms with van der Waals surface area (Å²) in [7, 11) is 0. The van der Waals surface area contributed by atoms with E-state index in [1.807, 2.05) is 0 Å². The van der Waals surface area contributed by atoms with E-state index < -0.39 is 5.97 Å². The second-order valence-electron chi connectivity index (χ2n) is 5.34. The van der Waals surface area contributed by atoms with Gasteiger partial charge in [-0.15, -0.1) is 0 Å². The van der Waals surface area contributed by atoms with Crippen LogP contribution in [-0.4, -0.2) is 47.8 Å². The van der Waals surface area contributed by atoms with Crippen molar-refractivity contribution >= 4 is 5.97 Å². The van der Waals surface area contributed by atoms with E-state index in [0.29, 0.717) is 12.1 Å². The first-order valence-electron chi connectivity index (χ1n) is 6.74. The number of likely N-dealkylation sites (tertiary alicyclic amines) is 1. The Labute approximate surface area is 103 Å². The van der Waals surface area contributed by atoms with E-state index in [1.54, 1.807) is 0 Å². The van der Waals surface area contributed by atoms with Gasteiger partial charge in [0, 0.05) is 25.3 Å². The second-order valence-corrected chi connectivity index (χ2v) is 5.34. The molecule has 4 heteroatoms. The minimum atomic E-state index is -0.624. The normalized spacial score (nSPS) is 36.4. The molecule has 0 aromatic carbocycles. The molecule has 1 N–H and O–H groups in total. The average Bonchev–Trinajstić information content (AvgIpc) is 2.57. The highest BCUT2D eigenvalue weighted by Gasteiger charge is 2.33. The van der Waals surface area contributed by atoms with Gasteiger partial charge in [0.2, 0.25) is 0 Å². The van der Waals surface area contributed by atoms with E-state index in [1.165, 1.54) is 6.42 Å². The number of carboxylic acids is 1. The van der Waals surface area contributed by atoms with E-state index in [-0.39, 0.29) is 5.92 Å². The van der Waals surface area contributed by atoms with Crippen LogP contribution in [0.3, 0.4) is 0 Å². The van der Waals surface area contributed by atoms with Gasteiger partial charge < -0.3 is 9.84 Å². The lowest BCUT2D eigenvalue weighted by molar-refractivity contribution is -0.144. The lowest BCUT2D eigenvalue weighted by Gasteiger charge is -2.41. The zero-order valence-corrected chi connectivity index (χ0v) is 10.6. The van der Waals surface area contributed by atoms with Crippen LogP contribution in [0.1, 0.15) is 39.0 Å². The molecule has 2 saturated heterocycles. The van der Waals surface area contributed by atoms with Gasteiger partial charge in [0.05, 0.1) is 5.92 Å². The molecule has 2 aliphatic heterocycles. The standard InChI is InChI=1S/C13H23NO3/c1-10-9-11(13(15)16)4-6-14(10)12-3-2-7-17-8-5-12/h10-12H,2-9H2,1H3,(H,15,16). The number of aliphatic carboxylic acids is 1. The molecule has 3 unspecified atom stereocenters. The van der Waals surface area contributed by atoms with Gasteiger partial charge in [0.15, 0.2) is 0 Å². The van der Waals surface area contributed by atoms with Crippen LogP contribution in [-0.2, 0) is 9.53 Å². The van der Waals surface area contributed by atoms with E-state index in [4.69, 9.17) is 9.84 Å². The van der Waals surface area contributed by atoms with Gasteiger partial charge in [0.1, 0.15) is 0 Å². The third-order valence-corrected chi connectivity index (χ3v) is 4.17. The average molecular weight is 241 g/mol. The maximum absolute atomic E-state index is 11.0. The van der Waals surface area contributed by atoms with Crippen LogP contribution in [0.25, 0.3) is 0 Å². The fraction of sp³-hybridized carbons (Fsp3) is 0.923. The zero-order valence-electron chi connectivity index (χ0n) is 10.6. The molecule has 2 aliphatic rings. The monoisotopic (exact) mass is 241 g/mol. The van der Waals surface area contributed by atoms with Crippen LogP contribution < -0.4 is 0 Å². The van der Waals surface area contributed by atoms with Crippen molar-refractivity contribution in [1.82, 2.24) is 4.90 Å². The Bertz CT molecular complexity index is 261. The molecule has 3 atom stereocenters. The number of hydrogen-bond acceptors (Lipinski definition) is 3. The van der Waals surface area contributed by atoms with E-state index in [0.717, 1.165) is 45.4 Å². The second kappa shape index (κ2) is 5.83. The lowest BCUT2D eigenvalue weighted by atomic mass is 9.89. The van der Waals surface area contributed by atoms with Crippen LogP contribution in [0, 0.1) is 5.92 Å². The summed E-state index contributed by atoms with van der Waals surface area (Å²) in [5, 5.41) is 9.06. The number of nitrogens with zero attached hydrogens (tertiary/aromatic N) is 1. The van der Waals surface area contributed by atoms with Crippen LogP contribution >= 0.6 is 0 Å². The van der Waals surface area contributed by atoms with Gasteiger partial charge in [-0.25, -0.2) is 0 Å². The molecule has 4 nitrogen and oxygen atoms in total. The Morgan fingerprint density at radius 2 is 2.12 bits per heavy atom. The minimum absolute atomic E-state index is 0.136. The molecule has 0 amide bonds. The smallest absolute Gasteiger partial charge is 0.306 e. The van der Waals surface area contributed by atoms with Crippen LogP contribution in [0.5, 0.6) is 0 Å². The summed E-state index contributed by atoms with van der Waals surface area (Å²) < 4.78 is 5.49. The molecule has 0 aromatic heterocycles. The molecular weight excluding hydrogens is 218 g/mol. The van der Waals surface area contributed by atoms with Crippen molar-refractivity contribution in [3.8, 4) is 0 Å². The molecule has 0 aliphatic carbocycles. The van der Waals surface area contributed by atoms with Gasteiger partial charge >= 0.3 is 5.97 Å². The highest BCUT2D eigenvalue weighted by molar-refractivity contribution is 5.70. The van der Waals surface area contributed by atoms with Crippen LogP contribution in [0.4, 0.5) is 0 Å². The molecule has 2 rings (SSSR count). The van der Waals surface area contributed by atoms with Gasteiger partial charge in [-0.1, -0.05) is 0 Å². The third kappa shape index (κ3) is 3.19. The van der Waals surface area contributed by atoms with Gasteiger partial charge in [0.25, 0.3) is 0 Å². The Balaban J connectivity index is 1.91. The van der Waals surface area contributed by atoms with Crippen molar-refractivity contribution in [2.45, 2.75) is 51.1 Å². The molecule has 2 heterocycles. The first-order valence-corrected chi connectivity index (χ1v) is 6.74. The summed E-state index contributed by atoms with van der Waals surface area (Å²) in [5.74, 6) is -0.760. The molecule has 0 aromatic rings. The topological polar surface area (TPSA) is 49.8 Å². The van der Waals surface area contributed by atoms with Crippen molar-refractivity contribution < 1.29 is 14.6 Å². The minimum Gasteiger partial charge on any atom is -0.481 e. The first-order chi connectivity index (χ1) is 8.18. The summed E-state index contributed by atoms with van der Waals surface area (Å²) >= 11 is 0. The number of hydrogen-bond donors (Lipinski definition) is 1. The number of ether oxygens (including phenoxy) is 1. The van der Waals surface area contributed by atoms with Gasteiger partial charge in [-0.2, -0.15) is 0 Å². The fourth-order valence-electron chi connectivity index (χ4n) is 3.18. The quantitative estimate of drug-likeness (QED) is 0.800. The highest BCUT2D eigenvalue weighted by Crippen LogP contribution is 2.28. The molecule has 0 bridgehead atoms. The Morgan fingerprint density at radius 3 is 2.82 bits per heavy atom. The summed E-state index contributed by atoms with van der Waals surface area (Å²) in [6.07, 6.45) is 5.03. The first kappa shape index (κ1) is 12.8. The van der Waals surface area contributed by atoms with E-state index in [2.05, 4.69) is 11.8 Å². The molecule has 0 spiro atoms. The lowest BCUT2D eigenvalue weighted by Crippen LogP contribution is -2.48. The molecule has 2 fully saturated rings. The van der Waals surface area contributed by atoms with E-state index in [9.17, 15) is 4.79 Å². The Hall–Kier alpha value is -0.610. The van der Waals surface area contributed by atoms with Gasteiger partial charge in [-0.05, 0) is 45.6 Å². The number of carboxylic acid groups (broad SMARTS) is 1. The van der Waals surface area contributed by atoms with Crippen LogP contribution in [0.15, 0.2) is 0 Å². The highest BCUT2D eigenvalue weighted by atomic mass is 16.5. The number of carbonyl (C=O) groups is 1. The molecule has 0 radical (unpaired) electrons. The number of piperidine rings is 1. The Morgan fingerprint density at radius 1 is 1.29 bits per heavy atom. The summed E-state index contributed by atoms with van der Waals surface area (Å²) in [5.41, 5.74) is 0. The van der Waals surface area contributed by atoms with Crippen molar-refractivity contribution in [2.75, 3.05) is 19.8 Å². The van der Waals surface area contributed by atoms with Gasteiger partial charge in [-0.3, -0.25) is 9.69 Å². The summed E-state index contributed by atoms with van der Waals surface area (Å²) in [6, 6.07) is 0.996. The Kier molecular flexibility index (Phi) is 4.40. The number of rotatable bonds is 2. The largest absolute Gasteiger partial charge is 0.481 e. The maximum atomic E-state index is 11.0. The predicted molar refractivity (Wildman–Crippen MR) is 65.0 cm³/mol. The molecule has 98 valence electrons.